The summed E-state index contributed by atoms with van der Waals surface area (Å²) in [6, 6.07) is 0. The van der Waals surface area contributed by atoms with Crippen molar-refractivity contribution in [3.8, 4) is 0 Å². The van der Waals surface area contributed by atoms with E-state index < -0.39 is 30.3 Å². The first kappa shape index (κ1) is 12.7. The van der Waals surface area contributed by atoms with Gasteiger partial charge in [-0.25, -0.2) is 0 Å². The van der Waals surface area contributed by atoms with Crippen LogP contribution in [-0.2, 0) is 19.1 Å². The van der Waals surface area contributed by atoms with E-state index >= 15 is 0 Å². The average Bonchev–Trinajstić information content (AvgIpc) is 2.11. The zero-order valence-corrected chi connectivity index (χ0v) is 9.43. The fourth-order valence-electron chi connectivity index (χ4n) is 1.76. The summed E-state index contributed by atoms with van der Waals surface area (Å²) in [5.74, 6) is -0.854. The fourth-order valence-corrected chi connectivity index (χ4v) is 1.76. The molecule has 1 aliphatic carbocycles. The third kappa shape index (κ3) is 3.34. The molecule has 0 aromatic rings. The van der Waals surface area contributed by atoms with Gasteiger partial charge >= 0.3 is 11.9 Å². The van der Waals surface area contributed by atoms with E-state index in [9.17, 15) is 14.7 Å². The Morgan fingerprint density at radius 3 is 2.31 bits per heavy atom. The molecule has 5 heteroatoms. The molecule has 1 rings (SSSR count). The largest absolute Gasteiger partial charge is 0.462 e. The number of carbonyl (C=O) groups excluding carboxylic acids is 2. The quantitative estimate of drug-likeness (QED) is 0.552. The zero-order valence-electron chi connectivity index (χ0n) is 9.43. The van der Waals surface area contributed by atoms with Crippen LogP contribution in [-0.4, -0.2) is 35.4 Å². The van der Waals surface area contributed by atoms with E-state index in [1.165, 1.54) is 13.8 Å². The van der Waals surface area contributed by atoms with Gasteiger partial charge in [0.15, 0.2) is 0 Å². The molecule has 16 heavy (non-hydrogen) atoms. The molecule has 1 saturated carbocycles. The van der Waals surface area contributed by atoms with E-state index in [0.717, 1.165) is 0 Å². The maximum absolute atomic E-state index is 10.8. The summed E-state index contributed by atoms with van der Waals surface area (Å²) >= 11 is 0. The Morgan fingerprint density at radius 1 is 1.25 bits per heavy atom. The van der Waals surface area contributed by atoms with Crippen molar-refractivity contribution in [3.05, 3.63) is 12.2 Å². The minimum absolute atomic E-state index is 0.302. The van der Waals surface area contributed by atoms with Crippen LogP contribution >= 0.6 is 0 Å². The maximum atomic E-state index is 10.8. The number of esters is 2. The number of rotatable bonds is 2. The van der Waals surface area contributed by atoms with Crippen LogP contribution in [0.4, 0.5) is 0 Å². The monoisotopic (exact) mass is 228 g/mol. The molecule has 0 aromatic carbocycles. The van der Waals surface area contributed by atoms with E-state index in [-0.39, 0.29) is 0 Å². The average molecular weight is 228 g/mol. The Bertz CT molecular complexity index is 309. The third-order valence-electron chi connectivity index (χ3n) is 2.45. The maximum Gasteiger partial charge on any atom is 0.303 e. The lowest BCUT2D eigenvalue weighted by Gasteiger charge is -2.33. The van der Waals surface area contributed by atoms with E-state index in [4.69, 9.17) is 9.47 Å². The minimum Gasteiger partial charge on any atom is -0.462 e. The van der Waals surface area contributed by atoms with Crippen molar-refractivity contribution < 1.29 is 24.2 Å². The predicted molar refractivity (Wildman–Crippen MR) is 55.5 cm³/mol. The standard InChI is InChI=1S/C11H16O5/c1-6-10(14)4-9(15-7(2)12)5-11(6)16-8(3)13/h9-11,14H,1,4-5H2,2-3H3/t9-,10-,11-/m1/s1. The highest BCUT2D eigenvalue weighted by Gasteiger charge is 2.34. The first-order chi connectivity index (χ1) is 7.40. The van der Waals surface area contributed by atoms with Crippen molar-refractivity contribution in [2.75, 3.05) is 0 Å². The summed E-state index contributed by atoms with van der Waals surface area (Å²) in [5.41, 5.74) is 0.457. The van der Waals surface area contributed by atoms with Gasteiger partial charge < -0.3 is 14.6 Å². The second kappa shape index (κ2) is 5.12. The molecule has 1 fully saturated rings. The van der Waals surface area contributed by atoms with E-state index in [1.54, 1.807) is 0 Å². The first-order valence-electron chi connectivity index (χ1n) is 5.11. The fraction of sp³-hybridized carbons (Fsp3) is 0.636. The van der Waals surface area contributed by atoms with Crippen LogP contribution in [0.2, 0.25) is 0 Å². The highest BCUT2D eigenvalue weighted by atomic mass is 16.6. The number of aliphatic hydroxyl groups excluding tert-OH is 1. The van der Waals surface area contributed by atoms with Crippen molar-refractivity contribution in [1.29, 1.82) is 0 Å². The van der Waals surface area contributed by atoms with Gasteiger partial charge in [-0.15, -0.1) is 0 Å². The number of aliphatic hydroxyl groups is 1. The molecule has 1 N–H and O–H groups in total. The summed E-state index contributed by atoms with van der Waals surface area (Å²) < 4.78 is 9.99. The molecular weight excluding hydrogens is 212 g/mol. The van der Waals surface area contributed by atoms with Crippen molar-refractivity contribution >= 4 is 11.9 Å². The van der Waals surface area contributed by atoms with Crippen LogP contribution in [0.1, 0.15) is 26.7 Å². The molecule has 0 saturated heterocycles. The first-order valence-corrected chi connectivity index (χ1v) is 5.11. The van der Waals surface area contributed by atoms with Crippen LogP contribution < -0.4 is 0 Å². The van der Waals surface area contributed by atoms with Crippen LogP contribution in [0.25, 0.3) is 0 Å². The lowest BCUT2D eigenvalue weighted by molar-refractivity contribution is -0.155. The van der Waals surface area contributed by atoms with Crippen molar-refractivity contribution in [3.63, 3.8) is 0 Å². The van der Waals surface area contributed by atoms with Gasteiger partial charge in [-0.2, -0.15) is 0 Å². The van der Waals surface area contributed by atoms with E-state index in [1.807, 2.05) is 0 Å². The van der Waals surface area contributed by atoms with Gasteiger partial charge in [-0.05, 0) is 5.57 Å². The lowest BCUT2D eigenvalue weighted by atomic mass is 9.88. The molecule has 5 nitrogen and oxygen atoms in total. The highest BCUT2D eigenvalue weighted by Crippen LogP contribution is 2.27. The normalized spacial score (nSPS) is 29.7. The van der Waals surface area contributed by atoms with Crippen molar-refractivity contribution in [2.45, 2.75) is 45.0 Å². The summed E-state index contributed by atoms with van der Waals surface area (Å²) in [6.07, 6.45) is -1.15. The Morgan fingerprint density at radius 2 is 1.81 bits per heavy atom. The van der Waals surface area contributed by atoms with Gasteiger partial charge in [0.1, 0.15) is 12.2 Å². The van der Waals surface area contributed by atoms with Crippen LogP contribution in [0.15, 0.2) is 12.2 Å². The van der Waals surface area contributed by atoms with Crippen molar-refractivity contribution in [1.82, 2.24) is 0 Å². The molecule has 0 amide bonds. The number of ether oxygens (including phenoxy) is 2. The second-order valence-electron chi connectivity index (χ2n) is 3.89. The number of hydrogen-bond acceptors (Lipinski definition) is 5. The number of carbonyl (C=O) groups is 2. The number of hydrogen-bond donors (Lipinski definition) is 1. The second-order valence-corrected chi connectivity index (χ2v) is 3.89. The summed E-state index contributed by atoms with van der Waals surface area (Å²) in [5, 5.41) is 9.66. The van der Waals surface area contributed by atoms with Crippen LogP contribution in [0, 0.1) is 0 Å². The van der Waals surface area contributed by atoms with Crippen LogP contribution in [0.5, 0.6) is 0 Å². The molecule has 3 atom stereocenters. The highest BCUT2D eigenvalue weighted by molar-refractivity contribution is 5.67. The van der Waals surface area contributed by atoms with Gasteiger partial charge in [-0.3, -0.25) is 9.59 Å². The predicted octanol–water partition coefficient (Wildman–Crippen LogP) is 0.561. The smallest absolute Gasteiger partial charge is 0.303 e. The van der Waals surface area contributed by atoms with Gasteiger partial charge in [0.05, 0.1) is 6.10 Å². The Balaban J connectivity index is 2.65. The van der Waals surface area contributed by atoms with Gasteiger partial charge in [0.25, 0.3) is 0 Å². The van der Waals surface area contributed by atoms with Crippen molar-refractivity contribution in [2.24, 2.45) is 0 Å². The summed E-state index contributed by atoms with van der Waals surface area (Å²) in [6.45, 7) is 6.26. The lowest BCUT2D eigenvalue weighted by Crippen LogP contribution is -2.39. The van der Waals surface area contributed by atoms with Gasteiger partial charge in [0, 0.05) is 26.7 Å². The molecule has 0 aliphatic heterocycles. The molecule has 1 aliphatic rings. The SMILES string of the molecule is C=C1[C@H](O)C[C@@H](OC(C)=O)C[C@H]1OC(C)=O. The van der Waals surface area contributed by atoms with E-state index in [0.29, 0.717) is 18.4 Å². The minimum atomic E-state index is -0.803. The Labute approximate surface area is 94.0 Å². The topological polar surface area (TPSA) is 72.8 Å². The Hall–Kier alpha value is -1.36. The molecular formula is C11H16O5. The molecule has 90 valence electrons. The van der Waals surface area contributed by atoms with Crippen LogP contribution in [0.3, 0.4) is 0 Å². The molecule has 0 bridgehead atoms. The molecule has 0 radical (unpaired) electrons. The molecule has 0 aromatic heterocycles. The zero-order chi connectivity index (χ0) is 12.3. The summed E-state index contributed by atoms with van der Waals surface area (Å²) in [4.78, 5) is 21.6. The third-order valence-corrected chi connectivity index (χ3v) is 2.45. The molecule has 0 spiro atoms. The van der Waals surface area contributed by atoms with Gasteiger partial charge in [-0.1, -0.05) is 6.58 Å². The Kier molecular flexibility index (Phi) is 4.06. The van der Waals surface area contributed by atoms with Gasteiger partial charge in [0.2, 0.25) is 0 Å². The molecule has 0 heterocycles. The molecule has 0 unspecified atom stereocenters. The van der Waals surface area contributed by atoms with E-state index in [2.05, 4.69) is 6.58 Å². The summed E-state index contributed by atoms with van der Waals surface area (Å²) in [7, 11) is 0.